The van der Waals surface area contributed by atoms with Gasteiger partial charge in [-0.1, -0.05) is 32.9 Å². The van der Waals surface area contributed by atoms with E-state index in [1.165, 1.54) is 15.9 Å². The Labute approximate surface area is 198 Å². The number of likely N-dealkylation sites (N-methyl/N-ethyl adjacent to an activating group) is 2. The zero-order valence-corrected chi connectivity index (χ0v) is 21.4. The topological polar surface area (TPSA) is 106 Å². The van der Waals surface area contributed by atoms with Gasteiger partial charge >= 0.3 is 10.2 Å². The first-order valence-electron chi connectivity index (χ1n) is 10.2. The molecule has 1 unspecified atom stereocenters. The van der Waals surface area contributed by atoms with Crippen molar-refractivity contribution >= 4 is 44.8 Å². The van der Waals surface area contributed by atoms with Crippen molar-refractivity contribution in [2.75, 3.05) is 33.1 Å². The number of para-hydroxylation sites is 1. The van der Waals surface area contributed by atoms with E-state index in [1.54, 1.807) is 56.6 Å². The molecule has 0 saturated heterocycles. The van der Waals surface area contributed by atoms with Crippen molar-refractivity contribution in [1.29, 1.82) is 0 Å². The van der Waals surface area contributed by atoms with Crippen LogP contribution in [0.3, 0.4) is 0 Å². The third kappa shape index (κ3) is 4.88. The van der Waals surface area contributed by atoms with Gasteiger partial charge in [0.1, 0.15) is 0 Å². The summed E-state index contributed by atoms with van der Waals surface area (Å²) in [6, 6.07) is 8.49. The number of thiophene rings is 1. The normalized spacial score (nSPS) is 16.1. The van der Waals surface area contributed by atoms with Crippen LogP contribution in [-0.4, -0.2) is 69.1 Å². The molecule has 1 amide bonds. The van der Waals surface area contributed by atoms with Gasteiger partial charge in [-0.25, -0.2) is 0 Å². The van der Waals surface area contributed by atoms with Crippen molar-refractivity contribution in [3.63, 3.8) is 0 Å². The highest BCUT2D eigenvalue weighted by atomic mass is 32.2. The number of carbonyl (C=O) groups is 1. The lowest BCUT2D eigenvalue weighted by molar-refractivity contribution is 0.0824. The van der Waals surface area contributed by atoms with Crippen molar-refractivity contribution in [1.82, 2.24) is 9.80 Å². The van der Waals surface area contributed by atoms with Crippen LogP contribution < -0.4 is 4.90 Å². The summed E-state index contributed by atoms with van der Waals surface area (Å²) in [6.07, 6.45) is 0. The minimum Gasteiger partial charge on any atom is -0.505 e. The van der Waals surface area contributed by atoms with E-state index in [0.29, 0.717) is 0 Å². The monoisotopic (exact) mass is 491 g/mol. The van der Waals surface area contributed by atoms with Crippen molar-refractivity contribution in [3.8, 4) is 5.75 Å². The maximum absolute atomic E-state index is 12.5. The number of amides is 1. The molecule has 3 rings (SSSR count). The standard InChI is InChI=1S/C22H29N5O4S2/c1-22(2,3)18(16-12-9-13-32-16)27(7)20-19(23-33(30,31)24-20)26(6)15-11-8-10-14(17(15)28)21(29)25(4)5/h8-13,18,28H,1-7H3. The maximum atomic E-state index is 12.5. The van der Waals surface area contributed by atoms with Gasteiger partial charge in [0, 0.05) is 33.1 Å². The molecule has 1 atom stereocenters. The number of phenols is 1. The maximum Gasteiger partial charge on any atom is 0.367 e. The molecule has 1 N–H and O–H groups in total. The summed E-state index contributed by atoms with van der Waals surface area (Å²) in [5.74, 6) is -0.416. The highest BCUT2D eigenvalue weighted by molar-refractivity contribution is 7.89. The second kappa shape index (κ2) is 8.79. The molecule has 1 aliphatic heterocycles. The van der Waals surface area contributed by atoms with E-state index in [4.69, 9.17) is 0 Å². The number of rotatable bonds is 4. The quantitative estimate of drug-likeness (QED) is 0.703. The molecule has 9 nitrogen and oxygen atoms in total. The second-order valence-electron chi connectivity index (χ2n) is 9.10. The minimum absolute atomic E-state index is 0.0630. The molecule has 178 valence electrons. The second-order valence-corrected chi connectivity index (χ2v) is 11.3. The Balaban J connectivity index is 2.08. The number of phenolic OH excluding ortho intramolecular Hbond substituents is 1. The summed E-state index contributed by atoms with van der Waals surface area (Å²) in [5.41, 5.74) is 0.0881. The number of hydrogen-bond acceptors (Lipinski definition) is 7. The van der Waals surface area contributed by atoms with Crippen molar-refractivity contribution in [2.24, 2.45) is 14.2 Å². The Morgan fingerprint density at radius 3 is 2.21 bits per heavy atom. The molecule has 0 aliphatic carbocycles. The van der Waals surface area contributed by atoms with E-state index < -0.39 is 10.2 Å². The molecule has 2 heterocycles. The predicted molar refractivity (Wildman–Crippen MR) is 133 cm³/mol. The third-order valence-corrected chi connectivity index (χ3v) is 7.02. The third-order valence-electron chi connectivity index (χ3n) is 5.29. The number of carbonyl (C=O) groups excluding carboxylic acids is 1. The fourth-order valence-corrected chi connectivity index (χ4v) is 5.86. The number of hydrogen-bond donors (Lipinski definition) is 1. The van der Waals surface area contributed by atoms with E-state index in [0.717, 1.165) is 4.88 Å². The summed E-state index contributed by atoms with van der Waals surface area (Å²) < 4.78 is 32.7. The van der Waals surface area contributed by atoms with Crippen LogP contribution in [0.5, 0.6) is 5.75 Å². The molecule has 1 aromatic carbocycles. The molecular weight excluding hydrogens is 462 g/mol. The molecular formula is C22H29N5O4S2. The van der Waals surface area contributed by atoms with Crippen LogP contribution in [-0.2, 0) is 10.2 Å². The van der Waals surface area contributed by atoms with Crippen LogP contribution in [0.25, 0.3) is 0 Å². The van der Waals surface area contributed by atoms with Crippen molar-refractivity contribution in [3.05, 3.63) is 46.2 Å². The predicted octanol–water partition coefficient (Wildman–Crippen LogP) is 3.37. The molecule has 0 spiro atoms. The average Bonchev–Trinajstić information content (AvgIpc) is 3.33. The molecule has 2 aromatic rings. The van der Waals surface area contributed by atoms with Crippen molar-refractivity contribution in [2.45, 2.75) is 26.8 Å². The van der Waals surface area contributed by atoms with E-state index in [2.05, 4.69) is 29.6 Å². The van der Waals surface area contributed by atoms with Gasteiger partial charge in [0.25, 0.3) is 5.91 Å². The molecule has 0 saturated carbocycles. The highest BCUT2D eigenvalue weighted by Gasteiger charge is 2.39. The molecule has 0 bridgehead atoms. The smallest absolute Gasteiger partial charge is 0.367 e. The SMILES string of the molecule is CN(C)C(=O)c1cccc(N(C)C2=NS(=O)(=O)N=C2N(C)C(c2cccs2)C(C)(C)C)c1O. The Morgan fingerprint density at radius 1 is 1.03 bits per heavy atom. The average molecular weight is 492 g/mol. The molecule has 0 fully saturated rings. The number of aromatic hydroxyl groups is 1. The first kappa shape index (κ1) is 24.7. The zero-order valence-electron chi connectivity index (χ0n) is 19.8. The summed E-state index contributed by atoms with van der Waals surface area (Å²) in [5, 5.41) is 12.8. The summed E-state index contributed by atoms with van der Waals surface area (Å²) >= 11 is 1.58. The van der Waals surface area contributed by atoms with E-state index in [9.17, 15) is 18.3 Å². The van der Waals surface area contributed by atoms with Gasteiger partial charge in [-0.05, 0) is 29.0 Å². The van der Waals surface area contributed by atoms with Gasteiger partial charge in [0.15, 0.2) is 17.4 Å². The Hall–Kier alpha value is -2.92. The summed E-state index contributed by atoms with van der Waals surface area (Å²) in [6.45, 7) is 6.21. The Kier molecular flexibility index (Phi) is 6.58. The van der Waals surface area contributed by atoms with E-state index in [-0.39, 0.29) is 46.0 Å². The Morgan fingerprint density at radius 2 is 1.67 bits per heavy atom. The fraction of sp³-hybridized carbons (Fsp3) is 0.409. The van der Waals surface area contributed by atoms with Gasteiger partial charge in [0.2, 0.25) is 0 Å². The number of anilines is 1. The lowest BCUT2D eigenvalue weighted by atomic mass is 9.84. The Bertz CT molecular complexity index is 1210. The van der Waals surface area contributed by atoms with Crippen LogP contribution in [0.4, 0.5) is 5.69 Å². The van der Waals surface area contributed by atoms with Gasteiger partial charge in [-0.3, -0.25) is 4.79 Å². The number of benzene rings is 1. The molecule has 11 heteroatoms. The minimum atomic E-state index is -4.10. The number of nitrogens with zero attached hydrogens (tertiary/aromatic N) is 5. The van der Waals surface area contributed by atoms with Crippen LogP contribution in [0.2, 0.25) is 0 Å². The molecule has 1 aliphatic rings. The van der Waals surface area contributed by atoms with Crippen LogP contribution in [0.15, 0.2) is 44.5 Å². The zero-order chi connectivity index (χ0) is 24.7. The van der Waals surface area contributed by atoms with Crippen LogP contribution in [0.1, 0.15) is 42.0 Å². The largest absolute Gasteiger partial charge is 0.505 e. The summed E-state index contributed by atoms with van der Waals surface area (Å²) in [7, 11) is 2.43. The van der Waals surface area contributed by atoms with Crippen LogP contribution >= 0.6 is 11.3 Å². The molecule has 0 radical (unpaired) electrons. The summed E-state index contributed by atoms with van der Waals surface area (Å²) in [4.78, 5) is 18.1. The van der Waals surface area contributed by atoms with Gasteiger partial charge in [-0.2, -0.15) is 8.42 Å². The molecule has 33 heavy (non-hydrogen) atoms. The first-order chi connectivity index (χ1) is 15.2. The van der Waals surface area contributed by atoms with E-state index >= 15 is 0 Å². The molecule has 1 aromatic heterocycles. The number of amidine groups is 2. The van der Waals surface area contributed by atoms with Gasteiger partial charge in [-0.15, -0.1) is 20.1 Å². The van der Waals surface area contributed by atoms with Crippen LogP contribution in [0, 0.1) is 5.41 Å². The lowest BCUT2D eigenvalue weighted by Crippen LogP contribution is -2.45. The fourth-order valence-electron chi connectivity index (χ4n) is 3.85. The lowest BCUT2D eigenvalue weighted by Gasteiger charge is -2.39. The van der Waals surface area contributed by atoms with Gasteiger partial charge in [0.05, 0.1) is 17.3 Å². The van der Waals surface area contributed by atoms with Crippen molar-refractivity contribution < 1.29 is 18.3 Å². The highest BCUT2D eigenvalue weighted by Crippen LogP contribution is 2.41. The van der Waals surface area contributed by atoms with Gasteiger partial charge < -0.3 is 19.8 Å². The van der Waals surface area contributed by atoms with E-state index in [1.807, 2.05) is 17.5 Å². The first-order valence-corrected chi connectivity index (χ1v) is 12.5.